The van der Waals surface area contributed by atoms with Gasteiger partial charge in [0.1, 0.15) is 12.2 Å². The molecule has 0 saturated carbocycles. The summed E-state index contributed by atoms with van der Waals surface area (Å²) < 4.78 is 25.4. The minimum Gasteiger partial charge on any atom is -0.488 e. The third-order valence-corrected chi connectivity index (χ3v) is 4.81. The van der Waals surface area contributed by atoms with Crippen molar-refractivity contribution < 1.29 is 18.7 Å². The highest BCUT2D eigenvalue weighted by molar-refractivity contribution is 9.10. The Hall–Kier alpha value is -1.05. The van der Waals surface area contributed by atoms with Crippen molar-refractivity contribution in [1.82, 2.24) is 9.80 Å². The van der Waals surface area contributed by atoms with Crippen LogP contribution in [0.15, 0.2) is 16.6 Å². The molecule has 1 aromatic rings. The van der Waals surface area contributed by atoms with E-state index in [1.807, 2.05) is 20.8 Å². The average molecular weight is 452 g/mol. The SMILES string of the molecule is C[C@@H]1CN(C(=O)OC(C)(C)C)CCN1CCOc1c(F)cc(Cl)cc1Br. The summed E-state index contributed by atoms with van der Waals surface area (Å²) in [5, 5.41) is 0.314. The zero-order valence-corrected chi connectivity index (χ0v) is 17.9. The topological polar surface area (TPSA) is 42.0 Å². The number of hydrogen-bond acceptors (Lipinski definition) is 4. The summed E-state index contributed by atoms with van der Waals surface area (Å²) in [7, 11) is 0. The van der Waals surface area contributed by atoms with Crippen molar-refractivity contribution in [1.29, 1.82) is 0 Å². The molecular weight excluding hydrogens is 427 g/mol. The molecule has 0 aliphatic carbocycles. The summed E-state index contributed by atoms with van der Waals surface area (Å²) in [6, 6.07) is 2.99. The van der Waals surface area contributed by atoms with Crippen LogP contribution in [-0.2, 0) is 4.74 Å². The second-order valence-electron chi connectivity index (χ2n) is 7.36. The summed E-state index contributed by atoms with van der Waals surface area (Å²) in [6.45, 7) is 10.5. The van der Waals surface area contributed by atoms with Gasteiger partial charge >= 0.3 is 6.09 Å². The molecule has 1 saturated heterocycles. The van der Waals surface area contributed by atoms with Crippen molar-refractivity contribution in [3.8, 4) is 5.75 Å². The molecule has 8 heteroatoms. The van der Waals surface area contributed by atoms with Crippen LogP contribution in [0, 0.1) is 5.82 Å². The molecule has 0 spiro atoms. The molecule has 0 unspecified atom stereocenters. The van der Waals surface area contributed by atoms with Crippen molar-refractivity contribution >= 4 is 33.6 Å². The first-order valence-electron chi connectivity index (χ1n) is 8.56. The van der Waals surface area contributed by atoms with Gasteiger partial charge in [-0.2, -0.15) is 0 Å². The van der Waals surface area contributed by atoms with Gasteiger partial charge in [-0.05, 0) is 55.8 Å². The summed E-state index contributed by atoms with van der Waals surface area (Å²) in [5.74, 6) is -0.332. The van der Waals surface area contributed by atoms with Crippen molar-refractivity contribution in [2.24, 2.45) is 0 Å². The zero-order valence-electron chi connectivity index (χ0n) is 15.5. The number of benzene rings is 1. The van der Waals surface area contributed by atoms with Gasteiger partial charge in [-0.25, -0.2) is 9.18 Å². The first kappa shape index (κ1) is 21.3. The second-order valence-corrected chi connectivity index (χ2v) is 8.65. The van der Waals surface area contributed by atoms with Gasteiger partial charge in [0.2, 0.25) is 0 Å². The largest absolute Gasteiger partial charge is 0.488 e. The Kier molecular flexibility index (Phi) is 7.16. The van der Waals surface area contributed by atoms with Crippen LogP contribution in [0.5, 0.6) is 5.75 Å². The van der Waals surface area contributed by atoms with Crippen LogP contribution in [-0.4, -0.2) is 60.3 Å². The molecule has 1 aromatic carbocycles. The molecule has 0 N–H and O–H groups in total. The van der Waals surface area contributed by atoms with E-state index in [0.29, 0.717) is 42.3 Å². The molecule has 2 rings (SSSR count). The van der Waals surface area contributed by atoms with Crippen molar-refractivity contribution in [3.63, 3.8) is 0 Å². The van der Waals surface area contributed by atoms with E-state index in [1.165, 1.54) is 6.07 Å². The quantitative estimate of drug-likeness (QED) is 0.673. The number of halogens is 3. The standard InChI is InChI=1S/C18H25BrClFN2O3/c1-12-11-23(17(24)26-18(2,3)4)6-5-22(12)7-8-25-16-14(19)9-13(20)10-15(16)21/h9-10,12H,5-8,11H2,1-4H3/t12-/m1/s1. The number of ether oxygens (including phenoxy) is 2. The van der Waals surface area contributed by atoms with Gasteiger partial charge < -0.3 is 14.4 Å². The van der Waals surface area contributed by atoms with E-state index in [9.17, 15) is 9.18 Å². The summed E-state index contributed by atoms with van der Waals surface area (Å²) >= 11 is 9.06. The molecule has 1 aliphatic heterocycles. The van der Waals surface area contributed by atoms with Gasteiger partial charge in [0.15, 0.2) is 11.6 Å². The van der Waals surface area contributed by atoms with E-state index >= 15 is 0 Å². The lowest BCUT2D eigenvalue weighted by atomic mass is 10.2. The van der Waals surface area contributed by atoms with Gasteiger partial charge in [-0.1, -0.05) is 11.6 Å². The molecular formula is C18H25BrClFN2O3. The molecule has 0 radical (unpaired) electrons. The third-order valence-electron chi connectivity index (χ3n) is 4.00. The smallest absolute Gasteiger partial charge is 0.410 e. The van der Waals surface area contributed by atoms with Crippen LogP contribution in [0.1, 0.15) is 27.7 Å². The molecule has 0 bridgehead atoms. The maximum absolute atomic E-state index is 13.9. The predicted octanol–water partition coefficient (Wildman–Crippen LogP) is 4.56. The van der Waals surface area contributed by atoms with E-state index in [2.05, 4.69) is 27.8 Å². The van der Waals surface area contributed by atoms with Crippen LogP contribution in [0.25, 0.3) is 0 Å². The number of amides is 1. The van der Waals surface area contributed by atoms with E-state index in [0.717, 1.165) is 0 Å². The minimum absolute atomic E-state index is 0.162. The number of piperazine rings is 1. The maximum Gasteiger partial charge on any atom is 0.410 e. The Morgan fingerprint density at radius 1 is 1.38 bits per heavy atom. The first-order chi connectivity index (χ1) is 12.1. The van der Waals surface area contributed by atoms with E-state index < -0.39 is 11.4 Å². The van der Waals surface area contributed by atoms with Gasteiger partial charge in [-0.15, -0.1) is 0 Å². The fourth-order valence-electron chi connectivity index (χ4n) is 2.75. The molecule has 146 valence electrons. The lowest BCUT2D eigenvalue weighted by molar-refractivity contribution is 0.00422. The normalized spacial score (nSPS) is 18.7. The first-order valence-corrected chi connectivity index (χ1v) is 9.73. The van der Waals surface area contributed by atoms with E-state index in [-0.39, 0.29) is 17.9 Å². The molecule has 26 heavy (non-hydrogen) atoms. The lowest BCUT2D eigenvalue weighted by Gasteiger charge is -2.40. The third kappa shape index (κ3) is 5.99. The van der Waals surface area contributed by atoms with Crippen LogP contribution >= 0.6 is 27.5 Å². The average Bonchev–Trinajstić information content (AvgIpc) is 2.49. The lowest BCUT2D eigenvalue weighted by Crippen LogP contribution is -2.55. The number of hydrogen-bond donors (Lipinski definition) is 0. The van der Waals surface area contributed by atoms with Crippen LogP contribution < -0.4 is 4.74 Å². The van der Waals surface area contributed by atoms with Gasteiger partial charge in [0.25, 0.3) is 0 Å². The Morgan fingerprint density at radius 2 is 2.08 bits per heavy atom. The highest BCUT2D eigenvalue weighted by Gasteiger charge is 2.29. The predicted molar refractivity (Wildman–Crippen MR) is 103 cm³/mol. The monoisotopic (exact) mass is 450 g/mol. The molecule has 1 atom stereocenters. The molecule has 1 aliphatic rings. The minimum atomic E-state index is -0.499. The number of rotatable bonds is 4. The van der Waals surface area contributed by atoms with Crippen LogP contribution in [0.4, 0.5) is 9.18 Å². The Bertz CT molecular complexity index is 631. The number of nitrogens with zero attached hydrogens (tertiary/aromatic N) is 2. The van der Waals surface area contributed by atoms with Crippen molar-refractivity contribution in [3.05, 3.63) is 27.4 Å². The number of carbonyl (C=O) groups is 1. The van der Waals surface area contributed by atoms with Gasteiger partial charge in [0, 0.05) is 37.2 Å². The van der Waals surface area contributed by atoms with Gasteiger partial charge in [-0.3, -0.25) is 4.90 Å². The van der Waals surface area contributed by atoms with Crippen molar-refractivity contribution in [2.75, 3.05) is 32.8 Å². The van der Waals surface area contributed by atoms with E-state index in [1.54, 1.807) is 11.0 Å². The summed E-state index contributed by atoms with van der Waals surface area (Å²) in [6.07, 6.45) is -0.285. The maximum atomic E-state index is 13.9. The fourth-order valence-corrected chi connectivity index (χ4v) is 3.64. The summed E-state index contributed by atoms with van der Waals surface area (Å²) in [5.41, 5.74) is -0.499. The molecule has 5 nitrogen and oxygen atoms in total. The Balaban J connectivity index is 1.83. The van der Waals surface area contributed by atoms with Crippen molar-refractivity contribution in [2.45, 2.75) is 39.3 Å². The molecule has 1 amide bonds. The highest BCUT2D eigenvalue weighted by Crippen LogP contribution is 2.31. The van der Waals surface area contributed by atoms with Crippen LogP contribution in [0.2, 0.25) is 5.02 Å². The van der Waals surface area contributed by atoms with Gasteiger partial charge in [0.05, 0.1) is 4.47 Å². The zero-order chi connectivity index (χ0) is 19.5. The second kappa shape index (κ2) is 8.76. The summed E-state index contributed by atoms with van der Waals surface area (Å²) in [4.78, 5) is 16.1. The number of carbonyl (C=O) groups excluding carboxylic acids is 1. The van der Waals surface area contributed by atoms with E-state index in [4.69, 9.17) is 21.1 Å². The Labute approximate surface area is 167 Å². The Morgan fingerprint density at radius 3 is 2.65 bits per heavy atom. The fraction of sp³-hybridized carbons (Fsp3) is 0.611. The molecule has 1 fully saturated rings. The molecule has 1 heterocycles. The van der Waals surface area contributed by atoms with Crippen LogP contribution in [0.3, 0.4) is 0 Å². The highest BCUT2D eigenvalue weighted by atomic mass is 79.9. The molecule has 0 aromatic heterocycles.